The van der Waals surface area contributed by atoms with Gasteiger partial charge in [-0.1, -0.05) is 24.3 Å². The summed E-state index contributed by atoms with van der Waals surface area (Å²) in [7, 11) is 0. The van der Waals surface area contributed by atoms with E-state index in [1.807, 2.05) is 48.6 Å². The zero-order valence-corrected chi connectivity index (χ0v) is 12.1. The summed E-state index contributed by atoms with van der Waals surface area (Å²) in [5, 5.41) is 0. The third-order valence-electron chi connectivity index (χ3n) is 2.59. The van der Waals surface area contributed by atoms with Gasteiger partial charge in [0.1, 0.15) is 6.61 Å². The molecule has 1 heterocycles. The number of allylic oxidation sites excluding steroid dienone is 4. The zero-order chi connectivity index (χ0) is 15.3. The first-order valence-electron chi connectivity index (χ1n) is 6.90. The fraction of sp³-hybridized carbons (Fsp3) is 0.0556. The lowest BCUT2D eigenvalue weighted by Gasteiger charge is -1.97. The largest absolute Gasteiger partial charge is 0.497 e. The van der Waals surface area contributed by atoms with Crippen molar-refractivity contribution in [3.8, 4) is 0 Å². The van der Waals surface area contributed by atoms with Crippen molar-refractivity contribution in [3.63, 3.8) is 0 Å². The van der Waals surface area contributed by atoms with Gasteiger partial charge in [0.25, 0.3) is 0 Å². The predicted molar refractivity (Wildman–Crippen MR) is 93.2 cm³/mol. The number of aliphatic imine (C=N–C) groups is 3. The Morgan fingerprint density at radius 2 is 1.77 bits per heavy atom. The van der Waals surface area contributed by atoms with Gasteiger partial charge >= 0.3 is 0 Å². The summed E-state index contributed by atoms with van der Waals surface area (Å²) in [5.74, 6) is 0. The maximum Gasteiger partial charge on any atom is 0.106 e. The number of rotatable bonds is 0. The van der Waals surface area contributed by atoms with Gasteiger partial charge in [-0.05, 0) is 30.4 Å². The molecule has 0 amide bonds. The van der Waals surface area contributed by atoms with Crippen molar-refractivity contribution in [2.24, 2.45) is 15.0 Å². The fourth-order valence-electron chi connectivity index (χ4n) is 1.58. The van der Waals surface area contributed by atoms with Gasteiger partial charge in [0.05, 0.1) is 11.9 Å². The second-order valence-corrected chi connectivity index (χ2v) is 4.19. The molecular weight excluding hydrogens is 274 g/mol. The minimum atomic E-state index is 0.496. The second kappa shape index (κ2) is 9.83. The SMILES string of the molecule is C1=N\C=C/N=C\C=C/C=C\OC/C=C\C=Nc2ccccc21. The van der Waals surface area contributed by atoms with Crippen LogP contribution in [0, 0.1) is 0 Å². The minimum absolute atomic E-state index is 0.496. The number of hydrogen-bond donors (Lipinski definition) is 0. The highest BCUT2D eigenvalue weighted by molar-refractivity contribution is 5.88. The maximum absolute atomic E-state index is 5.29. The van der Waals surface area contributed by atoms with E-state index in [4.69, 9.17) is 4.74 Å². The molecule has 0 spiro atoms. The molecule has 0 atom stereocenters. The number of para-hydroxylation sites is 1. The molecule has 2 rings (SSSR count). The molecule has 0 unspecified atom stereocenters. The number of nitrogens with zero attached hydrogens (tertiary/aromatic N) is 3. The molecule has 22 heavy (non-hydrogen) atoms. The van der Waals surface area contributed by atoms with E-state index in [9.17, 15) is 0 Å². The quantitative estimate of drug-likeness (QED) is 0.712. The molecule has 0 saturated heterocycles. The van der Waals surface area contributed by atoms with E-state index in [0.717, 1.165) is 11.3 Å². The Labute approximate surface area is 130 Å². The number of benzene rings is 1. The van der Waals surface area contributed by atoms with E-state index in [-0.39, 0.29) is 0 Å². The van der Waals surface area contributed by atoms with Crippen molar-refractivity contribution in [1.82, 2.24) is 0 Å². The van der Waals surface area contributed by atoms with Gasteiger partial charge in [-0.2, -0.15) is 0 Å². The van der Waals surface area contributed by atoms with Crippen LogP contribution in [0.15, 0.2) is 88.3 Å². The summed E-state index contributed by atoms with van der Waals surface area (Å²) in [6.07, 6.45) is 19.3. The van der Waals surface area contributed by atoms with E-state index >= 15 is 0 Å². The Kier molecular flexibility index (Phi) is 6.87. The van der Waals surface area contributed by atoms with Crippen LogP contribution in [0.1, 0.15) is 5.56 Å². The summed E-state index contributed by atoms with van der Waals surface area (Å²) in [6.45, 7) is 0.496. The van der Waals surface area contributed by atoms with E-state index < -0.39 is 0 Å². The summed E-state index contributed by atoms with van der Waals surface area (Å²) < 4.78 is 5.29. The summed E-state index contributed by atoms with van der Waals surface area (Å²) in [5.41, 5.74) is 1.80. The van der Waals surface area contributed by atoms with Crippen molar-refractivity contribution in [2.45, 2.75) is 0 Å². The third-order valence-corrected chi connectivity index (χ3v) is 2.59. The van der Waals surface area contributed by atoms with Crippen LogP contribution in [-0.2, 0) is 4.74 Å². The average Bonchev–Trinajstić information content (AvgIpc) is 2.55. The van der Waals surface area contributed by atoms with Crippen LogP contribution in [0.4, 0.5) is 5.69 Å². The lowest BCUT2D eigenvalue weighted by atomic mass is 10.2. The van der Waals surface area contributed by atoms with Crippen LogP contribution in [0.2, 0.25) is 0 Å². The monoisotopic (exact) mass is 291 g/mol. The highest BCUT2D eigenvalue weighted by atomic mass is 16.5. The maximum atomic E-state index is 5.29. The number of hydrogen-bond acceptors (Lipinski definition) is 4. The van der Waals surface area contributed by atoms with Gasteiger partial charge in [-0.3, -0.25) is 15.0 Å². The van der Waals surface area contributed by atoms with E-state index in [1.165, 1.54) is 0 Å². The topological polar surface area (TPSA) is 46.3 Å². The molecule has 1 aromatic rings. The molecule has 0 N–H and O–H groups in total. The van der Waals surface area contributed by atoms with E-state index in [2.05, 4.69) is 15.0 Å². The van der Waals surface area contributed by atoms with E-state index in [1.54, 1.807) is 43.4 Å². The van der Waals surface area contributed by atoms with Crippen LogP contribution in [0.5, 0.6) is 0 Å². The molecule has 1 aliphatic heterocycles. The zero-order valence-electron chi connectivity index (χ0n) is 12.1. The molecule has 4 nitrogen and oxygen atoms in total. The first kappa shape index (κ1) is 15.4. The first-order chi connectivity index (χ1) is 11.0. The Balaban J connectivity index is 2.18. The van der Waals surface area contributed by atoms with Gasteiger partial charge < -0.3 is 4.74 Å². The molecule has 110 valence electrons. The summed E-state index contributed by atoms with van der Waals surface area (Å²) >= 11 is 0. The van der Waals surface area contributed by atoms with Gasteiger partial charge in [0.15, 0.2) is 0 Å². The smallest absolute Gasteiger partial charge is 0.106 e. The Bertz CT molecular complexity index is 665. The Hall–Kier alpha value is -3.01. The molecule has 0 aliphatic carbocycles. The Morgan fingerprint density at radius 1 is 0.864 bits per heavy atom. The van der Waals surface area contributed by atoms with Gasteiger partial charge in [-0.15, -0.1) is 0 Å². The van der Waals surface area contributed by atoms with Crippen LogP contribution in [0.3, 0.4) is 0 Å². The minimum Gasteiger partial charge on any atom is -0.497 e. The standard InChI is InChI=1S/C18H17N3O/c1-4-10-19-12-13-20-16-17-8-2-3-9-18(17)21-11-5-7-15-22-14-6-1/h1-14,16H,15H2/b4-1-,7-5-,13-12-,14-6-,19-10-,20-16?,21-11?. The normalized spacial score (nSPS) is 22.4. The summed E-state index contributed by atoms with van der Waals surface area (Å²) in [6, 6.07) is 7.80. The molecule has 1 aliphatic rings. The first-order valence-corrected chi connectivity index (χ1v) is 6.90. The average molecular weight is 291 g/mol. The predicted octanol–water partition coefficient (Wildman–Crippen LogP) is 4.01. The van der Waals surface area contributed by atoms with Crippen LogP contribution in [0.25, 0.3) is 0 Å². The molecular formula is C18H17N3O. The van der Waals surface area contributed by atoms with Crippen molar-refractivity contribution < 1.29 is 4.74 Å². The van der Waals surface area contributed by atoms with Crippen molar-refractivity contribution in [1.29, 1.82) is 0 Å². The molecule has 1 aromatic carbocycles. The van der Waals surface area contributed by atoms with Crippen molar-refractivity contribution in [3.05, 3.63) is 78.9 Å². The van der Waals surface area contributed by atoms with Crippen molar-refractivity contribution in [2.75, 3.05) is 6.61 Å². The molecule has 0 saturated carbocycles. The van der Waals surface area contributed by atoms with Gasteiger partial charge in [0, 0.05) is 36.6 Å². The lowest BCUT2D eigenvalue weighted by molar-refractivity contribution is 0.290. The molecule has 4 heteroatoms. The van der Waals surface area contributed by atoms with Crippen molar-refractivity contribution >= 4 is 24.3 Å². The number of ether oxygens (including phenoxy) is 1. The van der Waals surface area contributed by atoms with E-state index in [0.29, 0.717) is 6.61 Å². The Morgan fingerprint density at radius 3 is 2.77 bits per heavy atom. The van der Waals surface area contributed by atoms with Gasteiger partial charge in [-0.25, -0.2) is 0 Å². The van der Waals surface area contributed by atoms with Crippen LogP contribution < -0.4 is 0 Å². The van der Waals surface area contributed by atoms with Crippen LogP contribution >= 0.6 is 0 Å². The third kappa shape index (κ3) is 5.96. The molecule has 0 bridgehead atoms. The van der Waals surface area contributed by atoms with Gasteiger partial charge in [0.2, 0.25) is 0 Å². The highest BCUT2D eigenvalue weighted by Gasteiger charge is 1.94. The number of fused-ring (bicyclic) bond motifs is 1. The molecule has 0 radical (unpaired) electrons. The lowest BCUT2D eigenvalue weighted by Crippen LogP contribution is -1.82. The highest BCUT2D eigenvalue weighted by Crippen LogP contribution is 2.16. The molecule has 0 aromatic heterocycles. The second-order valence-electron chi connectivity index (χ2n) is 4.19. The van der Waals surface area contributed by atoms with Crippen LogP contribution in [-0.4, -0.2) is 25.3 Å². The molecule has 0 fully saturated rings. The fourth-order valence-corrected chi connectivity index (χ4v) is 1.58. The summed E-state index contributed by atoms with van der Waals surface area (Å²) in [4.78, 5) is 12.7.